The van der Waals surface area contributed by atoms with Crippen LogP contribution in [0.25, 0.3) is 21.8 Å². The number of amides is 2. The van der Waals surface area contributed by atoms with Crippen LogP contribution >= 0.6 is 22.6 Å². The lowest BCUT2D eigenvalue weighted by molar-refractivity contribution is 0.0880. The molecule has 24 heavy (non-hydrogen) atoms. The molecule has 1 aliphatic carbocycles. The first kappa shape index (κ1) is 14.3. The minimum Gasteiger partial charge on any atom is -0.495 e. The first-order chi connectivity index (χ1) is 11.6. The molecule has 6 heteroatoms. The smallest absolute Gasteiger partial charge is 0.259 e. The van der Waals surface area contributed by atoms with E-state index in [1.807, 2.05) is 12.1 Å². The number of carbonyl (C=O) groups is 2. The highest BCUT2D eigenvalue weighted by atomic mass is 127. The van der Waals surface area contributed by atoms with Gasteiger partial charge in [0, 0.05) is 5.39 Å². The number of halogens is 1. The molecule has 0 bridgehead atoms. The molecule has 5 nitrogen and oxygen atoms in total. The van der Waals surface area contributed by atoms with E-state index in [1.54, 1.807) is 7.11 Å². The van der Waals surface area contributed by atoms with Crippen molar-refractivity contribution in [3.05, 3.63) is 38.0 Å². The number of carbonyl (C=O) groups excluding carboxylic acids is 2. The molecular formula is C18H13IN2O3. The Morgan fingerprint density at radius 3 is 2.58 bits per heavy atom. The summed E-state index contributed by atoms with van der Waals surface area (Å²) in [6.07, 6.45) is 2.78. The van der Waals surface area contributed by atoms with Gasteiger partial charge in [0.05, 0.1) is 38.2 Å². The van der Waals surface area contributed by atoms with E-state index >= 15 is 0 Å². The van der Waals surface area contributed by atoms with E-state index in [9.17, 15) is 9.59 Å². The first-order valence-corrected chi connectivity index (χ1v) is 8.91. The van der Waals surface area contributed by atoms with Crippen molar-refractivity contribution in [1.82, 2.24) is 10.3 Å². The largest absolute Gasteiger partial charge is 0.495 e. The zero-order valence-corrected chi connectivity index (χ0v) is 15.0. The molecule has 0 saturated carbocycles. The topological polar surface area (TPSA) is 71.2 Å². The van der Waals surface area contributed by atoms with Crippen molar-refractivity contribution in [2.45, 2.75) is 19.3 Å². The minimum absolute atomic E-state index is 0.269. The number of benzene rings is 2. The van der Waals surface area contributed by atoms with Gasteiger partial charge in [0.1, 0.15) is 5.75 Å². The van der Waals surface area contributed by atoms with Gasteiger partial charge < -0.3 is 9.72 Å². The Morgan fingerprint density at radius 1 is 1.04 bits per heavy atom. The molecule has 3 aromatic rings. The van der Waals surface area contributed by atoms with Gasteiger partial charge in [-0.1, -0.05) is 0 Å². The highest BCUT2D eigenvalue weighted by Gasteiger charge is 2.37. The van der Waals surface area contributed by atoms with Crippen LogP contribution in [0.5, 0.6) is 5.75 Å². The van der Waals surface area contributed by atoms with Crippen molar-refractivity contribution in [1.29, 1.82) is 0 Å². The quantitative estimate of drug-likeness (QED) is 0.458. The van der Waals surface area contributed by atoms with E-state index in [4.69, 9.17) is 4.74 Å². The van der Waals surface area contributed by atoms with E-state index in [1.165, 1.54) is 5.56 Å². The number of hydrogen-bond acceptors (Lipinski definition) is 3. The van der Waals surface area contributed by atoms with E-state index in [2.05, 4.69) is 32.9 Å². The number of aryl methyl sites for hydroxylation is 1. The van der Waals surface area contributed by atoms with Gasteiger partial charge >= 0.3 is 0 Å². The molecule has 120 valence electrons. The van der Waals surface area contributed by atoms with Crippen LogP contribution in [0.2, 0.25) is 0 Å². The summed E-state index contributed by atoms with van der Waals surface area (Å²) in [6.45, 7) is 0. The Bertz CT molecular complexity index is 1100. The van der Waals surface area contributed by atoms with Crippen LogP contribution in [0.15, 0.2) is 12.1 Å². The molecule has 2 amide bonds. The molecule has 1 aromatic heterocycles. The van der Waals surface area contributed by atoms with Crippen molar-refractivity contribution >= 4 is 56.2 Å². The molecule has 1 aliphatic heterocycles. The number of rotatable bonds is 1. The number of ether oxygens (including phenoxy) is 1. The lowest BCUT2D eigenvalue weighted by Crippen LogP contribution is -2.20. The summed E-state index contributed by atoms with van der Waals surface area (Å²) in [5.74, 6) is 0.164. The average Bonchev–Trinajstić information content (AvgIpc) is 3.22. The van der Waals surface area contributed by atoms with E-state index < -0.39 is 0 Å². The summed E-state index contributed by atoms with van der Waals surface area (Å²) < 4.78 is 6.60. The highest BCUT2D eigenvalue weighted by molar-refractivity contribution is 14.1. The summed E-state index contributed by atoms with van der Waals surface area (Å²) in [5.41, 5.74) is 5.17. The van der Waals surface area contributed by atoms with Crippen LogP contribution in [0.4, 0.5) is 0 Å². The summed E-state index contributed by atoms with van der Waals surface area (Å²) in [7, 11) is 1.63. The van der Waals surface area contributed by atoms with Crippen LogP contribution in [0.3, 0.4) is 0 Å². The second-order valence-electron chi connectivity index (χ2n) is 6.22. The molecule has 5 rings (SSSR count). The van der Waals surface area contributed by atoms with Crippen LogP contribution < -0.4 is 10.1 Å². The maximum absolute atomic E-state index is 12.5. The van der Waals surface area contributed by atoms with Gasteiger partial charge in [0.25, 0.3) is 11.8 Å². The molecule has 0 saturated heterocycles. The fraction of sp³-hybridized carbons (Fsp3) is 0.222. The lowest BCUT2D eigenvalue weighted by Gasteiger charge is -2.09. The maximum Gasteiger partial charge on any atom is 0.259 e. The average molecular weight is 432 g/mol. The molecule has 2 N–H and O–H groups in total. The van der Waals surface area contributed by atoms with Crippen molar-refractivity contribution < 1.29 is 14.3 Å². The van der Waals surface area contributed by atoms with E-state index in [0.717, 1.165) is 56.0 Å². The van der Waals surface area contributed by atoms with E-state index in [0.29, 0.717) is 11.1 Å². The first-order valence-electron chi connectivity index (χ1n) is 7.83. The number of fused-ring (bicyclic) bond motifs is 8. The minimum atomic E-state index is -0.309. The summed E-state index contributed by atoms with van der Waals surface area (Å²) in [5, 5.41) is 4.18. The third kappa shape index (κ3) is 1.59. The van der Waals surface area contributed by atoms with Crippen molar-refractivity contribution in [2.75, 3.05) is 7.11 Å². The number of H-pyrrole nitrogens is 1. The second-order valence-corrected chi connectivity index (χ2v) is 7.38. The third-order valence-electron chi connectivity index (χ3n) is 5.08. The van der Waals surface area contributed by atoms with Gasteiger partial charge in [-0.05, 0) is 65.1 Å². The SMILES string of the molecule is COc1c(I)ccc2[nH]c3c4c(c5c(c3c12)C(=O)NC5=O)CCC4. The Labute approximate surface area is 150 Å². The summed E-state index contributed by atoms with van der Waals surface area (Å²) in [6, 6.07) is 3.99. The van der Waals surface area contributed by atoms with Crippen molar-refractivity contribution in [3.8, 4) is 5.75 Å². The molecule has 2 heterocycles. The number of aromatic amines is 1. The summed E-state index contributed by atoms with van der Waals surface area (Å²) >= 11 is 2.23. The molecule has 0 fully saturated rings. The normalized spacial score (nSPS) is 15.9. The fourth-order valence-electron chi connectivity index (χ4n) is 4.18. The Hall–Kier alpha value is -2.09. The number of hydrogen-bond donors (Lipinski definition) is 2. The Balaban J connectivity index is 2.10. The molecule has 2 aromatic carbocycles. The molecule has 2 aliphatic rings. The lowest BCUT2D eigenvalue weighted by atomic mass is 9.93. The van der Waals surface area contributed by atoms with Gasteiger partial charge in [-0.15, -0.1) is 0 Å². The molecule has 0 radical (unpaired) electrons. The number of aromatic nitrogens is 1. The second kappa shape index (κ2) is 4.72. The van der Waals surface area contributed by atoms with Gasteiger partial charge in [-0.25, -0.2) is 0 Å². The van der Waals surface area contributed by atoms with Crippen LogP contribution in [-0.2, 0) is 12.8 Å². The van der Waals surface area contributed by atoms with E-state index in [-0.39, 0.29) is 11.8 Å². The molecular weight excluding hydrogens is 419 g/mol. The number of imide groups is 1. The van der Waals surface area contributed by atoms with Gasteiger partial charge in [0.15, 0.2) is 0 Å². The highest BCUT2D eigenvalue weighted by Crippen LogP contribution is 2.44. The van der Waals surface area contributed by atoms with Crippen LogP contribution in [-0.4, -0.2) is 23.9 Å². The standard InChI is InChI=1S/C18H13IN2O3/c1-24-16-9(19)5-6-10-12(16)13-14-11(17(22)21-18(14)23)7-3-2-4-8(7)15(13)20-10/h5-6,20H,2-4H2,1H3,(H,21,22,23). The zero-order valence-electron chi connectivity index (χ0n) is 12.9. The van der Waals surface area contributed by atoms with Crippen LogP contribution in [0, 0.1) is 3.57 Å². The monoisotopic (exact) mass is 432 g/mol. The number of methoxy groups -OCH3 is 1. The zero-order chi connectivity index (χ0) is 16.6. The molecule has 0 unspecified atom stereocenters. The van der Waals surface area contributed by atoms with Crippen LogP contribution in [0.1, 0.15) is 38.3 Å². The maximum atomic E-state index is 12.5. The summed E-state index contributed by atoms with van der Waals surface area (Å²) in [4.78, 5) is 28.4. The van der Waals surface area contributed by atoms with Gasteiger partial charge in [0.2, 0.25) is 0 Å². The van der Waals surface area contributed by atoms with Crippen molar-refractivity contribution in [2.24, 2.45) is 0 Å². The predicted octanol–water partition coefficient (Wildman–Crippen LogP) is 3.31. The Morgan fingerprint density at radius 2 is 1.79 bits per heavy atom. The third-order valence-corrected chi connectivity index (χ3v) is 5.93. The number of nitrogens with one attached hydrogen (secondary N) is 2. The van der Waals surface area contributed by atoms with Crippen molar-refractivity contribution in [3.63, 3.8) is 0 Å². The van der Waals surface area contributed by atoms with Gasteiger partial charge in [-0.3, -0.25) is 14.9 Å². The molecule has 0 spiro atoms. The van der Waals surface area contributed by atoms with Gasteiger partial charge in [-0.2, -0.15) is 0 Å². The fourth-order valence-corrected chi connectivity index (χ4v) is 4.85. The Kier molecular flexibility index (Phi) is 2.81. The predicted molar refractivity (Wildman–Crippen MR) is 98.9 cm³/mol. The molecule has 0 atom stereocenters.